The van der Waals surface area contributed by atoms with Gasteiger partial charge < -0.3 is 10.8 Å². The van der Waals surface area contributed by atoms with E-state index in [-0.39, 0.29) is 12.0 Å². The maximum absolute atomic E-state index is 10.0. The van der Waals surface area contributed by atoms with Gasteiger partial charge in [0.1, 0.15) is 5.75 Å². The van der Waals surface area contributed by atoms with Crippen molar-refractivity contribution in [1.29, 1.82) is 0 Å². The summed E-state index contributed by atoms with van der Waals surface area (Å²) in [5.41, 5.74) is 7.52. The molecule has 15 heavy (non-hydrogen) atoms. The van der Waals surface area contributed by atoms with E-state index in [0.717, 1.165) is 11.1 Å². The second-order valence-corrected chi connectivity index (χ2v) is 3.89. The number of rotatable bonds is 3. The van der Waals surface area contributed by atoms with Crippen LogP contribution in [-0.2, 0) is 0 Å². The number of allylic oxidation sites excluding steroid dienone is 2. The van der Waals surface area contributed by atoms with Crippen LogP contribution in [0.25, 0.3) is 0 Å². The Morgan fingerprint density at radius 2 is 1.87 bits per heavy atom. The first kappa shape index (κ1) is 11.8. The Morgan fingerprint density at radius 1 is 1.27 bits per heavy atom. The van der Waals surface area contributed by atoms with Gasteiger partial charge in [0, 0.05) is 23.1 Å². The van der Waals surface area contributed by atoms with Gasteiger partial charge in [0.25, 0.3) is 0 Å². The predicted molar refractivity (Wildman–Crippen MR) is 63.9 cm³/mol. The van der Waals surface area contributed by atoms with Crippen LogP contribution in [0.15, 0.2) is 30.4 Å². The molecule has 0 fully saturated rings. The summed E-state index contributed by atoms with van der Waals surface area (Å²) in [5.74, 6) is 0.548. The maximum atomic E-state index is 10.0. The van der Waals surface area contributed by atoms with Gasteiger partial charge in [-0.1, -0.05) is 37.3 Å². The molecule has 0 saturated carbocycles. The highest BCUT2D eigenvalue weighted by Crippen LogP contribution is 2.32. The van der Waals surface area contributed by atoms with Gasteiger partial charge in [-0.05, 0) is 13.8 Å². The monoisotopic (exact) mass is 205 g/mol. The fraction of sp³-hybridized carbons (Fsp3) is 0.385. The van der Waals surface area contributed by atoms with Crippen LogP contribution in [0.4, 0.5) is 0 Å². The van der Waals surface area contributed by atoms with Crippen molar-refractivity contribution in [3.63, 3.8) is 0 Å². The maximum Gasteiger partial charge on any atom is 0.124 e. The van der Waals surface area contributed by atoms with Gasteiger partial charge in [-0.2, -0.15) is 0 Å². The van der Waals surface area contributed by atoms with Gasteiger partial charge in [-0.25, -0.2) is 0 Å². The van der Waals surface area contributed by atoms with Crippen LogP contribution in [-0.4, -0.2) is 5.11 Å². The molecule has 2 atom stereocenters. The van der Waals surface area contributed by atoms with Crippen molar-refractivity contribution in [2.24, 2.45) is 5.73 Å². The van der Waals surface area contributed by atoms with E-state index in [1.54, 1.807) is 0 Å². The minimum absolute atomic E-state index is 0.136. The minimum atomic E-state index is -0.136. The summed E-state index contributed by atoms with van der Waals surface area (Å²) in [6.07, 6.45) is 4.04. The Kier molecular flexibility index (Phi) is 3.92. The van der Waals surface area contributed by atoms with E-state index in [1.165, 1.54) is 0 Å². The second kappa shape index (κ2) is 4.99. The number of benzene rings is 1. The number of phenols is 1. The topological polar surface area (TPSA) is 46.2 Å². The average molecular weight is 205 g/mol. The molecule has 0 amide bonds. The molecule has 0 aromatic heterocycles. The van der Waals surface area contributed by atoms with Crippen LogP contribution >= 0.6 is 0 Å². The first-order valence-corrected chi connectivity index (χ1v) is 5.28. The molecule has 1 unspecified atom stereocenters. The van der Waals surface area contributed by atoms with Gasteiger partial charge in [-0.15, -0.1) is 0 Å². The van der Waals surface area contributed by atoms with Crippen LogP contribution in [0.2, 0.25) is 0 Å². The third-order valence-corrected chi connectivity index (χ3v) is 2.56. The van der Waals surface area contributed by atoms with Gasteiger partial charge in [0.15, 0.2) is 0 Å². The third-order valence-electron chi connectivity index (χ3n) is 2.56. The molecule has 82 valence electrons. The van der Waals surface area contributed by atoms with Crippen LogP contribution in [0.1, 0.15) is 43.9 Å². The zero-order chi connectivity index (χ0) is 11.4. The van der Waals surface area contributed by atoms with Crippen molar-refractivity contribution in [2.45, 2.75) is 32.7 Å². The molecule has 3 N–H and O–H groups in total. The summed E-state index contributed by atoms with van der Waals surface area (Å²) in [7, 11) is 0. The summed E-state index contributed by atoms with van der Waals surface area (Å²) in [4.78, 5) is 0. The Labute approximate surface area is 91.4 Å². The standard InChI is InChI=1S/C13H19NO/c1-4-6-9(2)11-7-5-8-12(10(3)14)13(11)15/h4-10,15H,14H2,1-3H3/b6-4+/t9?,10-/m1/s1. The van der Waals surface area contributed by atoms with Gasteiger partial charge in [0.05, 0.1) is 0 Å². The summed E-state index contributed by atoms with van der Waals surface area (Å²) < 4.78 is 0. The molecule has 0 saturated heterocycles. The first-order valence-electron chi connectivity index (χ1n) is 5.28. The number of para-hydroxylation sites is 1. The number of hydrogen-bond donors (Lipinski definition) is 2. The Morgan fingerprint density at radius 3 is 2.40 bits per heavy atom. The van der Waals surface area contributed by atoms with Gasteiger partial charge in [0.2, 0.25) is 0 Å². The molecule has 2 nitrogen and oxygen atoms in total. The van der Waals surface area contributed by atoms with Crippen molar-refractivity contribution in [3.8, 4) is 5.75 Å². The van der Waals surface area contributed by atoms with Crippen LogP contribution in [0.3, 0.4) is 0 Å². The molecular weight excluding hydrogens is 186 g/mol. The summed E-state index contributed by atoms with van der Waals surface area (Å²) in [6, 6.07) is 5.61. The smallest absolute Gasteiger partial charge is 0.124 e. The van der Waals surface area contributed by atoms with Crippen molar-refractivity contribution in [1.82, 2.24) is 0 Å². The van der Waals surface area contributed by atoms with E-state index in [9.17, 15) is 5.11 Å². The molecule has 0 aliphatic heterocycles. The highest BCUT2D eigenvalue weighted by atomic mass is 16.3. The van der Waals surface area contributed by atoms with Gasteiger partial charge in [-0.3, -0.25) is 0 Å². The average Bonchev–Trinajstić information content (AvgIpc) is 2.17. The highest BCUT2D eigenvalue weighted by molar-refractivity contribution is 5.44. The fourth-order valence-electron chi connectivity index (χ4n) is 1.71. The largest absolute Gasteiger partial charge is 0.507 e. The van der Waals surface area contributed by atoms with E-state index < -0.39 is 0 Å². The zero-order valence-corrected chi connectivity index (χ0v) is 9.57. The van der Waals surface area contributed by atoms with E-state index in [1.807, 2.05) is 38.1 Å². The van der Waals surface area contributed by atoms with Crippen molar-refractivity contribution in [3.05, 3.63) is 41.5 Å². The Bertz CT molecular complexity index is 356. The highest BCUT2D eigenvalue weighted by Gasteiger charge is 2.12. The van der Waals surface area contributed by atoms with E-state index in [2.05, 4.69) is 13.0 Å². The summed E-state index contributed by atoms with van der Waals surface area (Å²) >= 11 is 0. The molecule has 0 bridgehead atoms. The molecule has 0 heterocycles. The lowest BCUT2D eigenvalue weighted by atomic mass is 9.95. The molecule has 0 aliphatic carbocycles. The molecule has 0 spiro atoms. The molecule has 1 aromatic carbocycles. The lowest BCUT2D eigenvalue weighted by Gasteiger charge is -2.14. The SMILES string of the molecule is C/C=C/C(C)c1cccc([C@@H](C)N)c1O. The zero-order valence-electron chi connectivity index (χ0n) is 9.57. The normalized spacial score (nSPS) is 15.5. The minimum Gasteiger partial charge on any atom is -0.507 e. The number of nitrogens with two attached hydrogens (primary N) is 1. The fourth-order valence-corrected chi connectivity index (χ4v) is 1.71. The quantitative estimate of drug-likeness (QED) is 0.745. The van der Waals surface area contributed by atoms with Crippen LogP contribution in [0, 0.1) is 0 Å². The molecule has 2 heteroatoms. The van der Waals surface area contributed by atoms with Crippen LogP contribution in [0.5, 0.6) is 5.75 Å². The van der Waals surface area contributed by atoms with E-state index in [0.29, 0.717) is 5.75 Å². The third kappa shape index (κ3) is 2.60. The molecule has 1 aromatic rings. The first-order chi connectivity index (χ1) is 7.07. The van der Waals surface area contributed by atoms with Crippen molar-refractivity contribution < 1.29 is 5.11 Å². The Hall–Kier alpha value is -1.28. The molecular formula is C13H19NO. The summed E-state index contributed by atoms with van der Waals surface area (Å²) in [6.45, 7) is 5.90. The number of phenolic OH excluding ortho intramolecular Hbond substituents is 1. The molecule has 0 aliphatic rings. The van der Waals surface area contributed by atoms with Gasteiger partial charge >= 0.3 is 0 Å². The van der Waals surface area contributed by atoms with Crippen molar-refractivity contribution in [2.75, 3.05) is 0 Å². The number of aromatic hydroxyl groups is 1. The van der Waals surface area contributed by atoms with E-state index >= 15 is 0 Å². The Balaban J connectivity index is 3.14. The molecule has 1 rings (SSSR count). The molecule has 0 radical (unpaired) electrons. The predicted octanol–water partition coefficient (Wildman–Crippen LogP) is 3.09. The van der Waals surface area contributed by atoms with Crippen LogP contribution < -0.4 is 5.73 Å². The second-order valence-electron chi connectivity index (χ2n) is 3.89. The summed E-state index contributed by atoms with van der Waals surface area (Å²) in [5, 5.41) is 10.0. The van der Waals surface area contributed by atoms with Crippen molar-refractivity contribution >= 4 is 0 Å². The number of hydrogen-bond acceptors (Lipinski definition) is 2. The van der Waals surface area contributed by atoms with E-state index in [4.69, 9.17) is 5.73 Å². The lowest BCUT2D eigenvalue weighted by Crippen LogP contribution is -2.06. The lowest BCUT2D eigenvalue weighted by molar-refractivity contribution is 0.455.